The Morgan fingerprint density at radius 3 is 2.67 bits per heavy atom. The molecular formula is C14H23N3O3S. The molecule has 1 aliphatic rings. The fraction of sp³-hybridized carbons (Fsp3) is 0.571. The van der Waals surface area contributed by atoms with Crippen molar-refractivity contribution >= 4 is 21.4 Å². The van der Waals surface area contributed by atoms with Gasteiger partial charge in [0, 0.05) is 18.2 Å². The van der Waals surface area contributed by atoms with Crippen LogP contribution >= 0.6 is 0 Å². The lowest BCUT2D eigenvalue weighted by molar-refractivity contribution is 0.0763. The molecule has 0 bridgehead atoms. The highest BCUT2D eigenvalue weighted by Gasteiger charge is 2.22. The van der Waals surface area contributed by atoms with Crippen LogP contribution in [0, 0.1) is 5.92 Å². The van der Waals surface area contributed by atoms with Crippen LogP contribution in [0.15, 0.2) is 23.1 Å². The minimum absolute atomic E-state index is 0.0771. The van der Waals surface area contributed by atoms with Crippen molar-refractivity contribution in [2.24, 2.45) is 5.92 Å². The molecular weight excluding hydrogens is 290 g/mol. The van der Waals surface area contributed by atoms with Gasteiger partial charge in [0.25, 0.3) is 0 Å². The number of nitrogen functional groups attached to an aromatic ring is 1. The second-order valence-electron chi connectivity index (χ2n) is 5.45. The molecule has 21 heavy (non-hydrogen) atoms. The Hall–Kier alpha value is -1.31. The fourth-order valence-electron chi connectivity index (χ4n) is 2.69. The lowest BCUT2D eigenvalue weighted by Crippen LogP contribution is -2.30. The van der Waals surface area contributed by atoms with Crippen molar-refractivity contribution in [1.29, 1.82) is 0 Å². The summed E-state index contributed by atoms with van der Waals surface area (Å²) in [6, 6.07) is 4.79. The van der Waals surface area contributed by atoms with Crippen LogP contribution in [0.25, 0.3) is 0 Å². The SMILES string of the molecule is CNS(=O)(=O)c1ccc(NCC2CCCCC2O)cc1N. The van der Waals surface area contributed by atoms with Gasteiger partial charge in [-0.3, -0.25) is 0 Å². The molecule has 7 heteroatoms. The van der Waals surface area contributed by atoms with Crippen molar-refractivity contribution in [2.45, 2.75) is 36.7 Å². The number of anilines is 2. The molecule has 1 saturated carbocycles. The number of sulfonamides is 1. The van der Waals surface area contributed by atoms with E-state index in [4.69, 9.17) is 5.73 Å². The van der Waals surface area contributed by atoms with Gasteiger partial charge in [-0.05, 0) is 38.1 Å². The van der Waals surface area contributed by atoms with Crippen molar-refractivity contribution in [3.05, 3.63) is 18.2 Å². The molecule has 6 nitrogen and oxygen atoms in total. The molecule has 5 N–H and O–H groups in total. The molecule has 1 aromatic rings. The van der Waals surface area contributed by atoms with Crippen molar-refractivity contribution in [2.75, 3.05) is 24.6 Å². The number of hydrogen-bond acceptors (Lipinski definition) is 5. The Labute approximate surface area is 125 Å². The van der Waals surface area contributed by atoms with E-state index in [0.29, 0.717) is 6.54 Å². The number of rotatable bonds is 5. The topological polar surface area (TPSA) is 104 Å². The van der Waals surface area contributed by atoms with Gasteiger partial charge in [-0.2, -0.15) is 0 Å². The van der Waals surface area contributed by atoms with E-state index in [2.05, 4.69) is 10.0 Å². The van der Waals surface area contributed by atoms with Crippen LogP contribution in [0.2, 0.25) is 0 Å². The Balaban J connectivity index is 2.04. The summed E-state index contributed by atoms with van der Waals surface area (Å²) in [5.74, 6) is 0.237. The van der Waals surface area contributed by atoms with Crippen molar-refractivity contribution in [3.63, 3.8) is 0 Å². The van der Waals surface area contributed by atoms with Gasteiger partial charge in [-0.15, -0.1) is 0 Å². The van der Waals surface area contributed by atoms with Crippen LogP contribution < -0.4 is 15.8 Å². The molecule has 0 heterocycles. The molecule has 0 spiro atoms. The number of nitrogens with one attached hydrogen (secondary N) is 2. The van der Waals surface area contributed by atoms with Crippen molar-refractivity contribution < 1.29 is 13.5 Å². The maximum absolute atomic E-state index is 11.7. The zero-order chi connectivity index (χ0) is 15.5. The number of benzene rings is 1. The van der Waals surface area contributed by atoms with Gasteiger partial charge in [0.15, 0.2) is 0 Å². The van der Waals surface area contributed by atoms with Crippen molar-refractivity contribution in [1.82, 2.24) is 4.72 Å². The van der Waals surface area contributed by atoms with Gasteiger partial charge in [0.2, 0.25) is 10.0 Å². The molecule has 1 aromatic carbocycles. The summed E-state index contributed by atoms with van der Waals surface area (Å²) >= 11 is 0. The second-order valence-corrected chi connectivity index (χ2v) is 7.31. The van der Waals surface area contributed by atoms with E-state index in [1.54, 1.807) is 12.1 Å². The lowest BCUT2D eigenvalue weighted by Gasteiger charge is -2.28. The number of hydrogen-bond donors (Lipinski definition) is 4. The summed E-state index contributed by atoms with van der Waals surface area (Å²) < 4.78 is 25.7. The van der Waals surface area contributed by atoms with Crippen LogP contribution in [0.5, 0.6) is 0 Å². The van der Waals surface area contributed by atoms with E-state index in [1.165, 1.54) is 13.1 Å². The third-order valence-electron chi connectivity index (χ3n) is 4.01. The molecule has 1 aliphatic carbocycles. The maximum atomic E-state index is 11.7. The number of aliphatic hydroxyl groups excluding tert-OH is 1. The van der Waals surface area contributed by atoms with Gasteiger partial charge in [0.1, 0.15) is 4.90 Å². The first-order chi connectivity index (χ1) is 9.94. The standard InChI is InChI=1S/C14H23N3O3S/c1-16-21(19,20)14-7-6-11(8-12(14)15)17-9-10-4-2-3-5-13(10)18/h6-8,10,13,16-18H,2-5,9,15H2,1H3. The summed E-state index contributed by atoms with van der Waals surface area (Å²) in [4.78, 5) is 0.0771. The molecule has 2 rings (SSSR count). The molecule has 2 atom stereocenters. The predicted octanol–water partition coefficient (Wildman–Crippen LogP) is 1.14. The first kappa shape index (κ1) is 16.1. The molecule has 0 radical (unpaired) electrons. The molecule has 0 aliphatic heterocycles. The molecule has 118 valence electrons. The zero-order valence-corrected chi connectivity index (χ0v) is 13.0. The van der Waals surface area contributed by atoms with Gasteiger partial charge in [-0.25, -0.2) is 13.1 Å². The van der Waals surface area contributed by atoms with E-state index in [1.807, 2.05) is 0 Å². The summed E-state index contributed by atoms with van der Waals surface area (Å²) in [6.07, 6.45) is 3.84. The molecule has 0 saturated heterocycles. The Kier molecular flexibility index (Phi) is 5.08. The molecule has 1 fully saturated rings. The third-order valence-corrected chi connectivity index (χ3v) is 5.49. The van der Waals surface area contributed by atoms with Gasteiger partial charge in [0.05, 0.1) is 11.8 Å². The summed E-state index contributed by atoms with van der Waals surface area (Å²) in [5, 5.41) is 13.2. The van der Waals surface area contributed by atoms with Gasteiger partial charge >= 0.3 is 0 Å². The highest BCUT2D eigenvalue weighted by atomic mass is 32.2. The monoisotopic (exact) mass is 313 g/mol. The summed E-state index contributed by atoms with van der Waals surface area (Å²) in [7, 11) is -2.18. The highest BCUT2D eigenvalue weighted by Crippen LogP contribution is 2.26. The van der Waals surface area contributed by atoms with E-state index >= 15 is 0 Å². The van der Waals surface area contributed by atoms with Gasteiger partial charge < -0.3 is 16.2 Å². The zero-order valence-electron chi connectivity index (χ0n) is 12.2. The Morgan fingerprint density at radius 1 is 1.33 bits per heavy atom. The average molecular weight is 313 g/mol. The molecule has 0 amide bonds. The molecule has 0 aromatic heterocycles. The number of aliphatic hydroxyl groups is 1. The Bertz CT molecular complexity index is 589. The van der Waals surface area contributed by atoms with Crippen molar-refractivity contribution in [3.8, 4) is 0 Å². The largest absolute Gasteiger partial charge is 0.398 e. The average Bonchev–Trinajstić information content (AvgIpc) is 2.46. The number of nitrogens with two attached hydrogens (primary N) is 1. The second kappa shape index (κ2) is 6.64. The van der Waals surface area contributed by atoms with Crippen LogP contribution in [-0.4, -0.2) is 33.2 Å². The van der Waals surface area contributed by atoms with Crippen LogP contribution in [0.4, 0.5) is 11.4 Å². The van der Waals surface area contributed by atoms with E-state index in [9.17, 15) is 13.5 Å². The third kappa shape index (κ3) is 3.87. The smallest absolute Gasteiger partial charge is 0.242 e. The Morgan fingerprint density at radius 2 is 2.05 bits per heavy atom. The fourth-order valence-corrected chi connectivity index (χ4v) is 3.52. The maximum Gasteiger partial charge on any atom is 0.242 e. The van der Waals surface area contributed by atoms with Crippen LogP contribution in [0.1, 0.15) is 25.7 Å². The lowest BCUT2D eigenvalue weighted by atomic mass is 9.86. The van der Waals surface area contributed by atoms with Gasteiger partial charge in [-0.1, -0.05) is 12.8 Å². The predicted molar refractivity (Wildman–Crippen MR) is 83.6 cm³/mol. The molecule has 2 unspecified atom stereocenters. The first-order valence-corrected chi connectivity index (χ1v) is 8.67. The van der Waals surface area contributed by atoms with Crippen LogP contribution in [0.3, 0.4) is 0 Å². The normalized spacial score (nSPS) is 23.0. The minimum atomic E-state index is -3.53. The summed E-state index contributed by atoms with van der Waals surface area (Å²) in [5.41, 5.74) is 6.78. The van der Waals surface area contributed by atoms with E-state index in [0.717, 1.165) is 31.4 Å². The van der Waals surface area contributed by atoms with Crippen LogP contribution in [-0.2, 0) is 10.0 Å². The minimum Gasteiger partial charge on any atom is -0.398 e. The highest BCUT2D eigenvalue weighted by molar-refractivity contribution is 7.89. The van der Waals surface area contributed by atoms with E-state index < -0.39 is 10.0 Å². The van der Waals surface area contributed by atoms with E-state index in [-0.39, 0.29) is 22.6 Å². The first-order valence-electron chi connectivity index (χ1n) is 7.19. The quantitative estimate of drug-likeness (QED) is 0.610. The summed E-state index contributed by atoms with van der Waals surface area (Å²) in [6.45, 7) is 0.665.